The van der Waals surface area contributed by atoms with Gasteiger partial charge >= 0.3 is 0 Å². The summed E-state index contributed by atoms with van der Waals surface area (Å²) in [5.74, 6) is 1.93. The normalized spacial score (nSPS) is 11.5. The van der Waals surface area contributed by atoms with Crippen LogP contribution in [0, 0.1) is 0 Å². The fraction of sp³-hybridized carbons (Fsp3) is 0. The second-order valence-corrected chi connectivity index (χ2v) is 15.6. The highest BCUT2D eigenvalue weighted by atomic mass is 15.0. The summed E-state index contributed by atoms with van der Waals surface area (Å²) < 4.78 is 4.79. The molecule has 62 heavy (non-hydrogen) atoms. The average Bonchev–Trinajstić information content (AvgIpc) is 3.87. The maximum Gasteiger partial charge on any atom is 0.164 e. The molecule has 5 nitrogen and oxygen atoms in total. The van der Waals surface area contributed by atoms with Gasteiger partial charge in [-0.2, -0.15) is 0 Å². The molecule has 0 saturated carbocycles. The molecule has 0 bridgehead atoms. The van der Waals surface area contributed by atoms with Gasteiger partial charge in [-0.3, -0.25) is 0 Å². The third-order valence-electron chi connectivity index (χ3n) is 12.0. The average molecular weight is 792 g/mol. The van der Waals surface area contributed by atoms with Gasteiger partial charge in [0.2, 0.25) is 0 Å². The van der Waals surface area contributed by atoms with Crippen molar-refractivity contribution in [2.45, 2.75) is 0 Å². The van der Waals surface area contributed by atoms with Gasteiger partial charge in [-0.1, -0.05) is 170 Å². The molecule has 0 aliphatic heterocycles. The van der Waals surface area contributed by atoms with Crippen molar-refractivity contribution in [1.82, 2.24) is 24.1 Å². The van der Waals surface area contributed by atoms with Gasteiger partial charge in [0.05, 0.1) is 22.1 Å². The van der Waals surface area contributed by atoms with Crippen molar-refractivity contribution in [1.29, 1.82) is 0 Å². The summed E-state index contributed by atoms with van der Waals surface area (Å²) in [5, 5.41) is 4.96. The molecule has 0 unspecified atom stereocenters. The van der Waals surface area contributed by atoms with E-state index in [9.17, 15) is 0 Å². The number of hydrogen-bond acceptors (Lipinski definition) is 3. The van der Waals surface area contributed by atoms with Gasteiger partial charge in [-0.25, -0.2) is 15.0 Å². The van der Waals surface area contributed by atoms with Crippen LogP contribution in [0.25, 0.3) is 111 Å². The zero-order valence-electron chi connectivity index (χ0n) is 33.6. The van der Waals surface area contributed by atoms with E-state index in [-0.39, 0.29) is 0 Å². The van der Waals surface area contributed by atoms with Crippen molar-refractivity contribution in [3.63, 3.8) is 0 Å². The summed E-state index contributed by atoms with van der Waals surface area (Å²) in [4.78, 5) is 14.9. The molecule has 0 N–H and O–H groups in total. The first-order valence-corrected chi connectivity index (χ1v) is 20.9. The van der Waals surface area contributed by atoms with Crippen LogP contribution < -0.4 is 0 Å². The minimum atomic E-state index is 0.637. The summed E-state index contributed by atoms with van der Waals surface area (Å²) in [6, 6.07) is 79.4. The monoisotopic (exact) mass is 791 g/mol. The van der Waals surface area contributed by atoms with E-state index in [0.29, 0.717) is 17.5 Å². The fourth-order valence-electron chi connectivity index (χ4n) is 9.11. The number of nitrogens with zero attached hydrogens (tertiary/aromatic N) is 5. The highest BCUT2D eigenvalue weighted by Crippen LogP contribution is 2.41. The Morgan fingerprint density at radius 1 is 0.258 bits per heavy atom. The molecule has 5 heteroatoms. The SMILES string of the molecule is c1ccc(-c2nc(-c3ccccc3)nc(-c3cccc(-c4ccc(-n5c6ccccc6c6c(-c7ccc8c9ccccc9n(-c9ccccc9)c8c7)cccc65)cc4)c3)n2)cc1. The summed E-state index contributed by atoms with van der Waals surface area (Å²) in [6.07, 6.45) is 0. The van der Waals surface area contributed by atoms with Gasteiger partial charge in [0.25, 0.3) is 0 Å². The zero-order chi connectivity index (χ0) is 41.0. The first kappa shape index (κ1) is 35.5. The quantitative estimate of drug-likeness (QED) is 0.162. The molecule has 0 radical (unpaired) electrons. The van der Waals surface area contributed by atoms with Crippen LogP contribution in [-0.2, 0) is 0 Å². The topological polar surface area (TPSA) is 48.5 Å². The summed E-state index contributed by atoms with van der Waals surface area (Å²) >= 11 is 0. The number of fused-ring (bicyclic) bond motifs is 6. The molecule has 12 aromatic rings. The van der Waals surface area contributed by atoms with Gasteiger partial charge in [0, 0.05) is 49.6 Å². The Bertz CT molecular complexity index is 3550. The molecular formula is C57H37N5. The van der Waals surface area contributed by atoms with Crippen molar-refractivity contribution < 1.29 is 0 Å². The van der Waals surface area contributed by atoms with Gasteiger partial charge in [-0.05, 0) is 76.9 Å². The van der Waals surface area contributed by atoms with Crippen LogP contribution in [0.5, 0.6) is 0 Å². The first-order valence-electron chi connectivity index (χ1n) is 20.9. The van der Waals surface area contributed by atoms with E-state index in [1.165, 1.54) is 54.7 Å². The lowest BCUT2D eigenvalue weighted by Gasteiger charge is -2.12. The van der Waals surface area contributed by atoms with Crippen LogP contribution in [0.2, 0.25) is 0 Å². The van der Waals surface area contributed by atoms with Gasteiger partial charge < -0.3 is 9.13 Å². The lowest BCUT2D eigenvalue weighted by atomic mass is 9.98. The summed E-state index contributed by atoms with van der Waals surface area (Å²) in [7, 11) is 0. The van der Waals surface area contributed by atoms with E-state index in [0.717, 1.165) is 39.2 Å². The van der Waals surface area contributed by atoms with Crippen LogP contribution in [-0.4, -0.2) is 24.1 Å². The van der Waals surface area contributed by atoms with Crippen LogP contribution in [0.1, 0.15) is 0 Å². The molecule has 0 spiro atoms. The van der Waals surface area contributed by atoms with E-state index < -0.39 is 0 Å². The second kappa shape index (κ2) is 14.7. The van der Waals surface area contributed by atoms with Crippen LogP contribution in [0.3, 0.4) is 0 Å². The third kappa shape index (κ3) is 5.98. The zero-order valence-corrected chi connectivity index (χ0v) is 33.6. The maximum atomic E-state index is 4.98. The minimum absolute atomic E-state index is 0.637. The Morgan fingerprint density at radius 2 is 0.726 bits per heavy atom. The maximum absolute atomic E-state index is 4.98. The first-order chi connectivity index (χ1) is 30.7. The lowest BCUT2D eigenvalue weighted by molar-refractivity contribution is 1.07. The van der Waals surface area contributed by atoms with Gasteiger partial charge in [0.1, 0.15) is 0 Å². The van der Waals surface area contributed by atoms with E-state index in [1.54, 1.807) is 0 Å². The summed E-state index contributed by atoms with van der Waals surface area (Å²) in [6.45, 7) is 0. The Kier molecular flexibility index (Phi) is 8.42. The van der Waals surface area contributed by atoms with Crippen LogP contribution in [0.4, 0.5) is 0 Å². The van der Waals surface area contributed by atoms with E-state index in [4.69, 9.17) is 15.0 Å². The molecule has 3 aromatic heterocycles. The molecule has 0 aliphatic carbocycles. The molecule has 0 amide bonds. The van der Waals surface area contributed by atoms with Crippen molar-refractivity contribution in [3.8, 4) is 67.8 Å². The standard InChI is InChI=1S/C57H37N5/c1-4-16-39(17-5-1)55-58-56(40-18-6-2-7-19-40)60-57(59-55)43-21-14-20-41(36-43)38-30-33-45(34-31-38)61-51-28-13-11-25-49(51)54-46(26-15-29-52(54)61)42-32-35-48-47-24-10-12-27-50(47)62(53(48)37-42)44-22-8-3-9-23-44/h1-37H. The minimum Gasteiger partial charge on any atom is -0.309 e. The number of rotatable bonds is 7. The number of hydrogen-bond donors (Lipinski definition) is 0. The van der Waals surface area contributed by atoms with Crippen LogP contribution >= 0.6 is 0 Å². The van der Waals surface area contributed by atoms with Crippen molar-refractivity contribution in [2.24, 2.45) is 0 Å². The highest BCUT2D eigenvalue weighted by molar-refractivity contribution is 6.17. The number of para-hydroxylation sites is 3. The molecule has 0 aliphatic rings. The van der Waals surface area contributed by atoms with Crippen molar-refractivity contribution in [3.05, 3.63) is 224 Å². The van der Waals surface area contributed by atoms with Crippen molar-refractivity contribution >= 4 is 43.6 Å². The second-order valence-electron chi connectivity index (χ2n) is 15.6. The largest absolute Gasteiger partial charge is 0.309 e. The van der Waals surface area contributed by atoms with E-state index in [1.807, 2.05) is 60.7 Å². The van der Waals surface area contributed by atoms with Crippen molar-refractivity contribution in [2.75, 3.05) is 0 Å². The number of benzene rings is 9. The Morgan fingerprint density at radius 3 is 1.42 bits per heavy atom. The third-order valence-corrected chi connectivity index (χ3v) is 12.0. The molecule has 9 aromatic carbocycles. The van der Waals surface area contributed by atoms with E-state index >= 15 is 0 Å². The molecule has 12 rings (SSSR count). The Hall–Kier alpha value is -8.41. The van der Waals surface area contributed by atoms with E-state index in [2.05, 4.69) is 173 Å². The summed E-state index contributed by atoms with van der Waals surface area (Å²) in [5.41, 5.74) is 14.4. The van der Waals surface area contributed by atoms with Gasteiger partial charge in [0.15, 0.2) is 17.5 Å². The lowest BCUT2D eigenvalue weighted by Crippen LogP contribution is -2.00. The van der Waals surface area contributed by atoms with Gasteiger partial charge in [-0.15, -0.1) is 0 Å². The molecule has 290 valence electrons. The molecule has 3 heterocycles. The molecular weight excluding hydrogens is 755 g/mol. The van der Waals surface area contributed by atoms with Crippen LogP contribution in [0.15, 0.2) is 224 Å². The Labute approximate surface area is 358 Å². The predicted octanol–water partition coefficient (Wildman–Crippen LogP) is 14.4. The Balaban J connectivity index is 0.948. The molecule has 0 atom stereocenters. The smallest absolute Gasteiger partial charge is 0.164 e. The fourth-order valence-corrected chi connectivity index (χ4v) is 9.11. The molecule has 0 fully saturated rings. The predicted molar refractivity (Wildman–Crippen MR) is 256 cm³/mol. The highest BCUT2D eigenvalue weighted by Gasteiger charge is 2.19. The number of aromatic nitrogens is 5. The molecule has 0 saturated heterocycles.